The number of nitrogens with zero attached hydrogens (tertiary/aromatic N) is 3. The molecule has 0 aliphatic heterocycles. The van der Waals surface area contributed by atoms with Gasteiger partial charge in [-0.2, -0.15) is 13.2 Å². The maximum Gasteiger partial charge on any atom is 0.416 e. The van der Waals surface area contributed by atoms with Gasteiger partial charge in [-0.05, 0) is 37.6 Å². The number of carbonyl (C=O) groups excluding carboxylic acids is 1. The van der Waals surface area contributed by atoms with Crippen molar-refractivity contribution in [2.75, 3.05) is 11.1 Å². The lowest BCUT2D eigenvalue weighted by Gasteiger charge is -2.10. The van der Waals surface area contributed by atoms with Gasteiger partial charge in [0.15, 0.2) is 11.0 Å². The van der Waals surface area contributed by atoms with Crippen molar-refractivity contribution in [2.24, 2.45) is 0 Å². The lowest BCUT2D eigenvalue weighted by atomic mass is 10.1. The van der Waals surface area contributed by atoms with Crippen LogP contribution in [0.25, 0.3) is 11.4 Å². The van der Waals surface area contributed by atoms with Gasteiger partial charge >= 0.3 is 6.18 Å². The molecule has 0 saturated heterocycles. The minimum atomic E-state index is -4.46. The van der Waals surface area contributed by atoms with Crippen molar-refractivity contribution in [1.82, 2.24) is 14.8 Å². The summed E-state index contributed by atoms with van der Waals surface area (Å²) in [5.41, 5.74) is 1.31. The van der Waals surface area contributed by atoms with Crippen molar-refractivity contribution in [3.8, 4) is 11.4 Å². The summed E-state index contributed by atoms with van der Waals surface area (Å²) in [6.07, 6.45) is -4.46. The van der Waals surface area contributed by atoms with Gasteiger partial charge in [-0.15, -0.1) is 10.2 Å². The Bertz CT molecular complexity index is 1020. The zero-order chi connectivity index (χ0) is 21.0. The number of halogens is 3. The minimum absolute atomic E-state index is 0.00213. The molecule has 0 bridgehead atoms. The van der Waals surface area contributed by atoms with Gasteiger partial charge in [-0.3, -0.25) is 4.79 Å². The number of benzene rings is 2. The summed E-state index contributed by atoms with van der Waals surface area (Å²) in [5, 5.41) is 11.5. The molecule has 1 heterocycles. The minimum Gasteiger partial charge on any atom is -0.325 e. The lowest BCUT2D eigenvalue weighted by molar-refractivity contribution is -0.137. The largest absolute Gasteiger partial charge is 0.416 e. The fourth-order valence-electron chi connectivity index (χ4n) is 2.80. The molecule has 1 aromatic heterocycles. The van der Waals surface area contributed by atoms with Crippen molar-refractivity contribution >= 4 is 23.4 Å². The fourth-order valence-corrected chi connectivity index (χ4v) is 3.61. The lowest BCUT2D eigenvalue weighted by Crippen LogP contribution is -2.15. The van der Waals surface area contributed by atoms with Crippen LogP contribution in [0.1, 0.15) is 18.1 Å². The highest BCUT2D eigenvalue weighted by atomic mass is 32.2. The van der Waals surface area contributed by atoms with Gasteiger partial charge in [0.2, 0.25) is 5.91 Å². The number of thioether (sulfide) groups is 1. The summed E-state index contributed by atoms with van der Waals surface area (Å²) in [6, 6.07) is 12.4. The van der Waals surface area contributed by atoms with Crippen LogP contribution >= 0.6 is 11.8 Å². The average molecular weight is 420 g/mol. The number of aryl methyl sites for hydroxylation is 1. The van der Waals surface area contributed by atoms with E-state index in [1.54, 1.807) is 0 Å². The van der Waals surface area contributed by atoms with Crippen LogP contribution in [0.4, 0.5) is 18.9 Å². The van der Waals surface area contributed by atoms with Gasteiger partial charge < -0.3 is 9.88 Å². The van der Waals surface area contributed by atoms with Gasteiger partial charge in [-0.25, -0.2) is 0 Å². The number of nitrogens with one attached hydrogen (secondary N) is 1. The second kappa shape index (κ2) is 8.69. The normalized spacial score (nSPS) is 11.5. The third-order valence-electron chi connectivity index (χ3n) is 4.23. The predicted octanol–water partition coefficient (Wildman–Crippen LogP) is 5.02. The molecule has 0 atom stereocenters. The number of anilines is 1. The van der Waals surface area contributed by atoms with Crippen LogP contribution in [0.15, 0.2) is 53.7 Å². The van der Waals surface area contributed by atoms with Crippen LogP contribution in [0.3, 0.4) is 0 Å². The Morgan fingerprint density at radius 1 is 1.14 bits per heavy atom. The summed E-state index contributed by atoms with van der Waals surface area (Å²) >= 11 is 1.19. The van der Waals surface area contributed by atoms with Crippen molar-refractivity contribution in [3.05, 3.63) is 59.7 Å². The maximum atomic E-state index is 12.8. The Hall–Kier alpha value is -2.81. The summed E-state index contributed by atoms with van der Waals surface area (Å²) in [6.45, 7) is 4.56. The smallest absolute Gasteiger partial charge is 0.325 e. The third-order valence-corrected chi connectivity index (χ3v) is 5.19. The van der Waals surface area contributed by atoms with E-state index in [0.29, 0.717) is 17.5 Å². The Balaban J connectivity index is 1.69. The highest BCUT2D eigenvalue weighted by Crippen LogP contribution is 2.31. The monoisotopic (exact) mass is 420 g/mol. The predicted molar refractivity (Wildman–Crippen MR) is 107 cm³/mol. The van der Waals surface area contributed by atoms with E-state index in [-0.39, 0.29) is 11.4 Å². The molecule has 152 valence electrons. The molecule has 0 unspecified atom stereocenters. The second-order valence-electron chi connectivity index (χ2n) is 6.28. The molecule has 2 aromatic carbocycles. The highest BCUT2D eigenvalue weighted by Gasteiger charge is 2.30. The van der Waals surface area contributed by atoms with Crippen LogP contribution < -0.4 is 5.32 Å². The number of hydrogen-bond donors (Lipinski definition) is 1. The fraction of sp³-hybridized carbons (Fsp3) is 0.250. The molecule has 3 aromatic rings. The quantitative estimate of drug-likeness (QED) is 0.569. The van der Waals surface area contributed by atoms with Gasteiger partial charge in [0.1, 0.15) is 0 Å². The molecule has 29 heavy (non-hydrogen) atoms. The standard InChI is InChI=1S/C20H19F3N4OS/c1-3-27-18(16-10-5-4-7-13(16)2)25-26-19(27)29-12-17(28)24-15-9-6-8-14(11-15)20(21,22)23/h4-11H,3,12H2,1-2H3,(H,24,28). The molecule has 0 fully saturated rings. The molecule has 0 aliphatic carbocycles. The number of amides is 1. The zero-order valence-corrected chi connectivity index (χ0v) is 16.6. The zero-order valence-electron chi connectivity index (χ0n) is 15.8. The van der Waals surface area contributed by atoms with E-state index in [1.165, 1.54) is 23.9 Å². The van der Waals surface area contributed by atoms with E-state index in [2.05, 4.69) is 15.5 Å². The number of rotatable bonds is 6. The van der Waals surface area contributed by atoms with E-state index in [9.17, 15) is 18.0 Å². The molecule has 0 aliphatic rings. The summed E-state index contributed by atoms with van der Waals surface area (Å²) in [7, 11) is 0. The number of hydrogen-bond acceptors (Lipinski definition) is 4. The first-order valence-electron chi connectivity index (χ1n) is 8.88. The van der Waals surface area contributed by atoms with Crippen molar-refractivity contribution < 1.29 is 18.0 Å². The second-order valence-corrected chi connectivity index (χ2v) is 7.22. The molecular weight excluding hydrogens is 401 g/mol. The van der Waals surface area contributed by atoms with E-state index >= 15 is 0 Å². The van der Waals surface area contributed by atoms with Crippen molar-refractivity contribution in [1.29, 1.82) is 0 Å². The van der Waals surface area contributed by atoms with E-state index in [0.717, 1.165) is 23.3 Å². The average Bonchev–Trinajstić information content (AvgIpc) is 3.09. The molecule has 5 nitrogen and oxygen atoms in total. The van der Waals surface area contributed by atoms with Gasteiger partial charge in [0.25, 0.3) is 0 Å². The van der Waals surface area contributed by atoms with Crippen molar-refractivity contribution in [2.45, 2.75) is 31.7 Å². The first kappa shape index (κ1) is 20.9. The van der Waals surface area contributed by atoms with Crippen LogP contribution in [-0.4, -0.2) is 26.4 Å². The SMILES string of the molecule is CCn1c(SCC(=O)Nc2cccc(C(F)(F)F)c2)nnc1-c1ccccc1C. The molecule has 3 rings (SSSR count). The Morgan fingerprint density at radius 3 is 2.59 bits per heavy atom. The van der Waals surface area contributed by atoms with Gasteiger partial charge in [0.05, 0.1) is 11.3 Å². The molecule has 0 spiro atoms. The molecule has 1 N–H and O–H groups in total. The maximum absolute atomic E-state index is 12.8. The molecule has 1 amide bonds. The van der Waals surface area contributed by atoms with Gasteiger partial charge in [-0.1, -0.05) is 42.1 Å². The van der Waals surface area contributed by atoms with Crippen molar-refractivity contribution in [3.63, 3.8) is 0 Å². The Morgan fingerprint density at radius 2 is 1.90 bits per heavy atom. The first-order valence-corrected chi connectivity index (χ1v) is 9.87. The number of alkyl halides is 3. The summed E-state index contributed by atoms with van der Waals surface area (Å²) in [4.78, 5) is 12.2. The van der Waals surface area contributed by atoms with Crippen LogP contribution in [0.2, 0.25) is 0 Å². The number of carbonyl (C=O) groups is 1. The third kappa shape index (κ3) is 4.97. The van der Waals surface area contributed by atoms with Crippen LogP contribution in [0.5, 0.6) is 0 Å². The molecular formula is C20H19F3N4OS. The Labute approximate surface area is 170 Å². The summed E-state index contributed by atoms with van der Waals surface area (Å²) < 4.78 is 40.3. The van der Waals surface area contributed by atoms with Crippen LogP contribution in [-0.2, 0) is 17.5 Å². The first-order chi connectivity index (χ1) is 13.8. The highest BCUT2D eigenvalue weighted by molar-refractivity contribution is 7.99. The van der Waals surface area contributed by atoms with Crippen LogP contribution in [0, 0.1) is 6.92 Å². The van der Waals surface area contributed by atoms with E-state index in [4.69, 9.17) is 0 Å². The topological polar surface area (TPSA) is 59.8 Å². The molecule has 9 heteroatoms. The number of aromatic nitrogens is 3. The Kier molecular flexibility index (Phi) is 6.26. The molecule has 0 saturated carbocycles. The van der Waals surface area contributed by atoms with Gasteiger partial charge in [0, 0.05) is 17.8 Å². The van der Waals surface area contributed by atoms with E-state index in [1.807, 2.05) is 42.7 Å². The summed E-state index contributed by atoms with van der Waals surface area (Å²) in [5.74, 6) is 0.297. The molecule has 0 radical (unpaired) electrons. The van der Waals surface area contributed by atoms with E-state index < -0.39 is 17.6 Å².